The number of primary amides is 1. The summed E-state index contributed by atoms with van der Waals surface area (Å²) in [7, 11) is 0. The smallest absolute Gasteiger partial charge is 0.262 e. The monoisotopic (exact) mass is 391 g/mol. The lowest BCUT2D eigenvalue weighted by molar-refractivity contribution is -0.118. The molecule has 0 spiro atoms. The third-order valence-corrected chi connectivity index (χ3v) is 4.07. The molecule has 0 saturated carbocycles. The zero-order chi connectivity index (χ0) is 20.6. The molecule has 0 atom stereocenters. The number of nitrogens with zero attached hydrogens (tertiary/aromatic N) is 1. The lowest BCUT2D eigenvalue weighted by atomic mass is 10.1. The molecule has 2 amide bonds. The molecule has 3 rings (SSSR count). The van der Waals surface area contributed by atoms with Crippen molar-refractivity contribution in [2.75, 3.05) is 11.9 Å². The lowest BCUT2D eigenvalue weighted by Gasteiger charge is -2.11. The van der Waals surface area contributed by atoms with Crippen LogP contribution in [0.15, 0.2) is 66.9 Å². The first-order chi connectivity index (χ1) is 14.0. The Balaban J connectivity index is 1.55. The van der Waals surface area contributed by atoms with Crippen LogP contribution in [0.4, 0.5) is 5.69 Å². The summed E-state index contributed by atoms with van der Waals surface area (Å²) in [5.74, 6) is 0.627. The van der Waals surface area contributed by atoms with Crippen molar-refractivity contribution in [2.24, 2.45) is 5.73 Å². The number of pyridine rings is 1. The third-order valence-electron chi connectivity index (χ3n) is 4.07. The van der Waals surface area contributed by atoms with Gasteiger partial charge in [0.05, 0.1) is 11.9 Å². The van der Waals surface area contributed by atoms with Gasteiger partial charge in [0, 0.05) is 11.6 Å². The fourth-order valence-corrected chi connectivity index (χ4v) is 2.63. The van der Waals surface area contributed by atoms with E-state index in [1.54, 1.807) is 30.3 Å². The summed E-state index contributed by atoms with van der Waals surface area (Å²) in [4.78, 5) is 27.5. The Morgan fingerprint density at radius 3 is 2.62 bits per heavy atom. The zero-order valence-corrected chi connectivity index (χ0v) is 15.9. The van der Waals surface area contributed by atoms with Crippen LogP contribution < -0.4 is 20.5 Å². The van der Waals surface area contributed by atoms with Crippen LogP contribution in [0.3, 0.4) is 0 Å². The van der Waals surface area contributed by atoms with Crippen molar-refractivity contribution in [3.63, 3.8) is 0 Å². The van der Waals surface area contributed by atoms with E-state index in [4.69, 9.17) is 15.2 Å². The molecular formula is C22H21N3O4. The maximum atomic E-state index is 12.1. The molecule has 1 aromatic heterocycles. The largest absolute Gasteiger partial charge is 0.483 e. The normalized spacial score (nSPS) is 10.2. The fourth-order valence-electron chi connectivity index (χ4n) is 2.63. The Hall–Kier alpha value is -3.87. The molecule has 0 saturated heterocycles. The number of amides is 2. The number of carbonyl (C=O) groups is 2. The predicted octanol–water partition coefficient (Wildman–Crippen LogP) is 3.55. The van der Waals surface area contributed by atoms with Gasteiger partial charge in [0.15, 0.2) is 6.61 Å². The van der Waals surface area contributed by atoms with E-state index >= 15 is 0 Å². The second-order valence-corrected chi connectivity index (χ2v) is 6.18. The van der Waals surface area contributed by atoms with Gasteiger partial charge in [-0.25, -0.2) is 4.98 Å². The summed E-state index contributed by atoms with van der Waals surface area (Å²) in [6.45, 7) is 1.93. The number of aromatic nitrogens is 1. The Morgan fingerprint density at radius 1 is 1.07 bits per heavy atom. The number of para-hydroxylation sites is 1. The van der Waals surface area contributed by atoms with Gasteiger partial charge in [0.1, 0.15) is 11.5 Å². The standard InChI is InChI=1S/C22H21N3O4/c1-2-15-6-3-4-9-19(15)28-14-20(26)25-17-10-11-21(24-13-17)29-18-8-5-7-16(12-18)22(23)27/h3-13H,2,14H2,1H3,(H2,23,27)(H,25,26). The van der Waals surface area contributed by atoms with E-state index in [0.29, 0.717) is 28.6 Å². The first-order valence-electron chi connectivity index (χ1n) is 9.09. The second-order valence-electron chi connectivity index (χ2n) is 6.18. The number of carbonyl (C=O) groups excluding carboxylic acids is 2. The Kier molecular flexibility index (Phi) is 6.42. The quantitative estimate of drug-likeness (QED) is 0.611. The van der Waals surface area contributed by atoms with Crippen LogP contribution >= 0.6 is 0 Å². The van der Waals surface area contributed by atoms with Gasteiger partial charge < -0.3 is 20.5 Å². The van der Waals surface area contributed by atoms with Crippen molar-refractivity contribution in [1.82, 2.24) is 4.98 Å². The van der Waals surface area contributed by atoms with Crippen molar-refractivity contribution in [1.29, 1.82) is 0 Å². The van der Waals surface area contributed by atoms with Crippen LogP contribution in [0.1, 0.15) is 22.8 Å². The van der Waals surface area contributed by atoms with Crippen LogP contribution in [0.2, 0.25) is 0 Å². The minimum atomic E-state index is -0.537. The molecule has 0 fully saturated rings. The lowest BCUT2D eigenvalue weighted by Crippen LogP contribution is -2.20. The number of aryl methyl sites for hydroxylation is 1. The molecular weight excluding hydrogens is 370 g/mol. The molecule has 2 aromatic carbocycles. The summed E-state index contributed by atoms with van der Waals surface area (Å²) in [6, 6.07) is 17.4. The van der Waals surface area contributed by atoms with Gasteiger partial charge in [-0.05, 0) is 42.3 Å². The molecule has 7 heteroatoms. The fraction of sp³-hybridized carbons (Fsp3) is 0.136. The van der Waals surface area contributed by atoms with E-state index in [1.807, 2.05) is 31.2 Å². The van der Waals surface area contributed by atoms with Crippen molar-refractivity contribution in [3.8, 4) is 17.4 Å². The summed E-state index contributed by atoms with van der Waals surface area (Å²) >= 11 is 0. The van der Waals surface area contributed by atoms with Crippen molar-refractivity contribution < 1.29 is 19.1 Å². The van der Waals surface area contributed by atoms with Crippen LogP contribution in [0.25, 0.3) is 0 Å². The zero-order valence-electron chi connectivity index (χ0n) is 15.9. The topological polar surface area (TPSA) is 104 Å². The van der Waals surface area contributed by atoms with E-state index in [9.17, 15) is 9.59 Å². The van der Waals surface area contributed by atoms with E-state index in [0.717, 1.165) is 12.0 Å². The molecule has 0 bridgehead atoms. The predicted molar refractivity (Wildman–Crippen MR) is 109 cm³/mol. The van der Waals surface area contributed by atoms with Gasteiger partial charge in [0.2, 0.25) is 11.8 Å². The highest BCUT2D eigenvalue weighted by atomic mass is 16.5. The van der Waals surface area contributed by atoms with E-state index < -0.39 is 5.91 Å². The number of hydrogen-bond donors (Lipinski definition) is 2. The average Bonchev–Trinajstić information content (AvgIpc) is 2.74. The van der Waals surface area contributed by atoms with Crippen LogP contribution in [0.5, 0.6) is 17.4 Å². The second kappa shape index (κ2) is 9.36. The van der Waals surface area contributed by atoms with Crippen LogP contribution in [-0.4, -0.2) is 23.4 Å². The highest BCUT2D eigenvalue weighted by Crippen LogP contribution is 2.22. The molecule has 1 heterocycles. The molecule has 148 valence electrons. The average molecular weight is 391 g/mol. The van der Waals surface area contributed by atoms with Gasteiger partial charge in [-0.2, -0.15) is 0 Å². The molecule has 0 aliphatic heterocycles. The Labute approximate surface area is 168 Å². The van der Waals surface area contributed by atoms with Crippen LogP contribution in [-0.2, 0) is 11.2 Å². The highest BCUT2D eigenvalue weighted by Gasteiger charge is 2.08. The summed E-state index contributed by atoms with van der Waals surface area (Å²) in [5.41, 5.74) is 7.16. The SMILES string of the molecule is CCc1ccccc1OCC(=O)Nc1ccc(Oc2cccc(C(N)=O)c2)nc1. The van der Waals surface area contributed by atoms with Crippen molar-refractivity contribution in [2.45, 2.75) is 13.3 Å². The Morgan fingerprint density at radius 2 is 1.90 bits per heavy atom. The molecule has 0 radical (unpaired) electrons. The molecule has 0 aliphatic rings. The van der Waals surface area contributed by atoms with Crippen molar-refractivity contribution in [3.05, 3.63) is 78.0 Å². The van der Waals surface area contributed by atoms with E-state index in [-0.39, 0.29) is 12.5 Å². The summed E-state index contributed by atoms with van der Waals surface area (Å²) < 4.78 is 11.2. The number of hydrogen-bond acceptors (Lipinski definition) is 5. The van der Waals surface area contributed by atoms with Gasteiger partial charge in [-0.1, -0.05) is 31.2 Å². The number of ether oxygens (including phenoxy) is 2. The van der Waals surface area contributed by atoms with Crippen molar-refractivity contribution >= 4 is 17.5 Å². The van der Waals surface area contributed by atoms with Crippen LogP contribution in [0, 0.1) is 0 Å². The van der Waals surface area contributed by atoms with Gasteiger partial charge in [0.25, 0.3) is 5.91 Å². The molecule has 0 aliphatic carbocycles. The molecule has 3 aromatic rings. The third kappa shape index (κ3) is 5.55. The number of nitrogens with one attached hydrogen (secondary N) is 1. The Bertz CT molecular complexity index is 1000. The number of benzene rings is 2. The number of rotatable bonds is 8. The molecule has 29 heavy (non-hydrogen) atoms. The minimum absolute atomic E-state index is 0.102. The maximum Gasteiger partial charge on any atom is 0.262 e. The van der Waals surface area contributed by atoms with Gasteiger partial charge in [-0.15, -0.1) is 0 Å². The first kappa shape index (κ1) is 19.9. The minimum Gasteiger partial charge on any atom is -0.483 e. The maximum absolute atomic E-state index is 12.1. The van der Waals surface area contributed by atoms with E-state index in [2.05, 4.69) is 10.3 Å². The summed E-state index contributed by atoms with van der Waals surface area (Å²) in [5, 5.41) is 2.72. The highest BCUT2D eigenvalue weighted by molar-refractivity contribution is 5.93. The summed E-state index contributed by atoms with van der Waals surface area (Å²) in [6.07, 6.45) is 2.30. The first-order valence-corrected chi connectivity index (χ1v) is 9.09. The van der Waals surface area contributed by atoms with Gasteiger partial charge >= 0.3 is 0 Å². The molecule has 3 N–H and O–H groups in total. The van der Waals surface area contributed by atoms with E-state index in [1.165, 1.54) is 12.3 Å². The molecule has 7 nitrogen and oxygen atoms in total. The molecule has 0 unspecified atom stereocenters. The van der Waals surface area contributed by atoms with Gasteiger partial charge in [-0.3, -0.25) is 9.59 Å². The number of nitrogens with two attached hydrogens (primary N) is 1. The number of anilines is 1.